The van der Waals surface area contributed by atoms with Crippen LogP contribution in [0, 0.1) is 0 Å². The molecule has 222 valence electrons. The third-order valence-corrected chi connectivity index (χ3v) is 8.10. The maximum absolute atomic E-state index is 13.6. The molecule has 3 aromatic carbocycles. The molecule has 0 unspecified atom stereocenters. The second kappa shape index (κ2) is 10.9. The number of hydrogen-bond donors (Lipinski definition) is 1. The van der Waals surface area contributed by atoms with E-state index in [0.29, 0.717) is 17.6 Å². The summed E-state index contributed by atoms with van der Waals surface area (Å²) in [5, 5.41) is 3.11. The van der Waals surface area contributed by atoms with E-state index >= 15 is 0 Å². The van der Waals surface area contributed by atoms with E-state index in [1.54, 1.807) is 19.1 Å². The van der Waals surface area contributed by atoms with Gasteiger partial charge in [-0.3, -0.25) is 9.59 Å². The van der Waals surface area contributed by atoms with Crippen LogP contribution in [0.2, 0.25) is 0 Å². The summed E-state index contributed by atoms with van der Waals surface area (Å²) < 4.78 is 42.8. The lowest BCUT2D eigenvalue weighted by atomic mass is 10.1. The fraction of sp³-hybridized carbons (Fsp3) is 0.303. The largest absolute Gasteiger partial charge is 0.471 e. The highest BCUT2D eigenvalue weighted by Crippen LogP contribution is 2.34. The molecule has 7 nitrogen and oxygen atoms in total. The van der Waals surface area contributed by atoms with Crippen molar-refractivity contribution in [1.82, 2.24) is 24.3 Å². The summed E-state index contributed by atoms with van der Waals surface area (Å²) in [5.74, 6) is -1.51. The maximum Gasteiger partial charge on any atom is 0.471 e. The van der Waals surface area contributed by atoms with Crippen molar-refractivity contribution in [3.63, 3.8) is 0 Å². The van der Waals surface area contributed by atoms with Gasteiger partial charge in [0.1, 0.15) is 0 Å². The van der Waals surface area contributed by atoms with Crippen LogP contribution in [0.3, 0.4) is 0 Å². The van der Waals surface area contributed by atoms with Gasteiger partial charge in [0.15, 0.2) is 5.82 Å². The van der Waals surface area contributed by atoms with Crippen molar-refractivity contribution in [2.75, 3.05) is 6.54 Å². The van der Waals surface area contributed by atoms with Gasteiger partial charge in [-0.05, 0) is 63.1 Å². The van der Waals surface area contributed by atoms with Crippen molar-refractivity contribution in [1.29, 1.82) is 0 Å². The highest BCUT2D eigenvalue weighted by molar-refractivity contribution is 5.98. The Kier molecular flexibility index (Phi) is 7.23. The molecular weight excluding hydrogens is 555 g/mol. The van der Waals surface area contributed by atoms with E-state index in [9.17, 15) is 22.8 Å². The number of hydrogen-bond acceptors (Lipinski definition) is 3. The lowest BCUT2D eigenvalue weighted by Gasteiger charge is -2.21. The molecule has 10 heteroatoms. The van der Waals surface area contributed by atoms with E-state index in [0.717, 1.165) is 33.5 Å². The Morgan fingerprint density at radius 3 is 2.42 bits per heavy atom. The number of fused-ring (bicyclic) bond motifs is 2. The molecule has 2 atom stereocenters. The highest BCUT2D eigenvalue weighted by atomic mass is 19.4. The highest BCUT2D eigenvalue weighted by Gasteiger charge is 2.42. The molecular formula is C33H32F3N5O2. The molecule has 0 bridgehead atoms. The predicted molar refractivity (Wildman–Crippen MR) is 160 cm³/mol. The van der Waals surface area contributed by atoms with Crippen LogP contribution in [0.25, 0.3) is 33.5 Å². The van der Waals surface area contributed by atoms with Crippen LogP contribution in [0.1, 0.15) is 49.2 Å². The first kappa shape index (κ1) is 28.5. The zero-order chi connectivity index (χ0) is 30.5. The quantitative estimate of drug-likeness (QED) is 0.244. The Morgan fingerprint density at radius 2 is 1.70 bits per heavy atom. The van der Waals surface area contributed by atoms with Crippen LogP contribution in [-0.4, -0.2) is 55.6 Å². The lowest BCUT2D eigenvalue weighted by Crippen LogP contribution is -2.44. The van der Waals surface area contributed by atoms with Crippen molar-refractivity contribution in [2.24, 2.45) is 0 Å². The molecule has 0 radical (unpaired) electrons. The minimum atomic E-state index is -4.97. The molecule has 3 heterocycles. The van der Waals surface area contributed by atoms with Crippen molar-refractivity contribution < 1.29 is 22.8 Å². The normalized spacial score (nSPS) is 17.3. The molecule has 5 aromatic rings. The zero-order valence-electron chi connectivity index (χ0n) is 24.1. The predicted octanol–water partition coefficient (Wildman–Crippen LogP) is 6.57. The SMILES string of the molecule is CC(C)n1c(-c2cc3ccccc3n2Cc2ccccc2)nc2cc(C(=O)N3C[C@H](NC(=O)C(F)(F)F)C[C@@H]3C)ccc21. The van der Waals surface area contributed by atoms with Crippen molar-refractivity contribution in [3.05, 3.63) is 90.0 Å². The third-order valence-electron chi connectivity index (χ3n) is 8.10. The third kappa shape index (κ3) is 5.37. The van der Waals surface area contributed by atoms with Crippen molar-refractivity contribution in [3.8, 4) is 11.5 Å². The summed E-state index contributed by atoms with van der Waals surface area (Å²) in [6, 6.07) is 24.9. The van der Waals surface area contributed by atoms with Crippen LogP contribution in [-0.2, 0) is 11.3 Å². The molecule has 1 aliphatic rings. The average Bonchev–Trinajstić information content (AvgIpc) is 3.65. The van der Waals surface area contributed by atoms with Gasteiger partial charge in [0.25, 0.3) is 5.91 Å². The van der Waals surface area contributed by atoms with E-state index in [4.69, 9.17) is 4.98 Å². The van der Waals surface area contributed by atoms with Gasteiger partial charge in [-0.25, -0.2) is 4.98 Å². The second-order valence-electron chi connectivity index (χ2n) is 11.5. The van der Waals surface area contributed by atoms with Crippen molar-refractivity contribution in [2.45, 2.75) is 58.0 Å². The first-order valence-electron chi connectivity index (χ1n) is 14.3. The summed E-state index contributed by atoms with van der Waals surface area (Å²) in [5.41, 5.74) is 5.14. The first-order valence-corrected chi connectivity index (χ1v) is 14.3. The smallest absolute Gasteiger partial charge is 0.344 e. The summed E-state index contributed by atoms with van der Waals surface area (Å²) in [7, 11) is 0. The average molecular weight is 588 g/mol. The molecule has 6 rings (SSSR count). The standard InChI is InChI=1S/C33H32F3N5O2/c1-20(2)41-28-14-13-24(31(42)39-19-25(15-21(39)3)37-32(43)33(34,35)36)16-26(28)38-30(41)29-17-23-11-7-8-12-27(23)40(29)18-22-9-5-4-6-10-22/h4-14,16-17,20-21,25H,15,18-19H2,1-3H3,(H,37,43)/t21-,25+/m0/s1. The lowest BCUT2D eigenvalue weighted by molar-refractivity contribution is -0.174. The number of carbonyl (C=O) groups is 2. The number of nitrogens with one attached hydrogen (secondary N) is 1. The fourth-order valence-electron chi connectivity index (χ4n) is 6.12. The number of aromatic nitrogens is 3. The van der Waals surface area contributed by atoms with E-state index in [1.165, 1.54) is 4.90 Å². The number of rotatable bonds is 6. The molecule has 1 fully saturated rings. The van der Waals surface area contributed by atoms with Gasteiger partial charge in [0.05, 0.1) is 16.7 Å². The van der Waals surface area contributed by atoms with Crippen LogP contribution in [0.4, 0.5) is 13.2 Å². The molecule has 2 aromatic heterocycles. The molecule has 43 heavy (non-hydrogen) atoms. The maximum atomic E-state index is 13.6. The van der Waals surface area contributed by atoms with E-state index in [-0.39, 0.29) is 31.0 Å². The van der Waals surface area contributed by atoms with E-state index < -0.39 is 18.1 Å². The summed E-state index contributed by atoms with van der Waals surface area (Å²) >= 11 is 0. The summed E-state index contributed by atoms with van der Waals surface area (Å²) in [6.07, 6.45) is -4.72. The van der Waals surface area contributed by atoms with Crippen LogP contribution in [0.5, 0.6) is 0 Å². The van der Waals surface area contributed by atoms with Gasteiger partial charge in [-0.1, -0.05) is 48.5 Å². The van der Waals surface area contributed by atoms with Gasteiger partial charge in [-0.2, -0.15) is 13.2 Å². The molecule has 1 aliphatic heterocycles. The Morgan fingerprint density at radius 1 is 0.977 bits per heavy atom. The van der Waals surface area contributed by atoms with Crippen LogP contribution >= 0.6 is 0 Å². The number of benzene rings is 3. The topological polar surface area (TPSA) is 72.2 Å². The monoisotopic (exact) mass is 587 g/mol. The van der Waals surface area contributed by atoms with Gasteiger partial charge >= 0.3 is 12.1 Å². The fourth-order valence-corrected chi connectivity index (χ4v) is 6.12. The number of imidazole rings is 1. The van der Waals surface area contributed by atoms with Crippen LogP contribution in [0.15, 0.2) is 78.9 Å². The van der Waals surface area contributed by atoms with Gasteiger partial charge in [0.2, 0.25) is 0 Å². The number of amides is 2. The molecule has 1 saturated heterocycles. The van der Waals surface area contributed by atoms with Gasteiger partial charge in [0, 0.05) is 47.7 Å². The van der Waals surface area contributed by atoms with Crippen LogP contribution < -0.4 is 5.32 Å². The number of carbonyl (C=O) groups excluding carboxylic acids is 2. The van der Waals surface area contributed by atoms with E-state index in [2.05, 4.69) is 53.3 Å². The molecule has 2 amide bonds. The second-order valence-corrected chi connectivity index (χ2v) is 11.5. The number of likely N-dealkylation sites (tertiary alicyclic amines) is 1. The Labute approximate surface area is 246 Å². The van der Waals surface area contributed by atoms with Crippen molar-refractivity contribution >= 4 is 33.8 Å². The Bertz CT molecular complexity index is 1820. The molecule has 0 saturated carbocycles. The number of alkyl halides is 3. The first-order chi connectivity index (χ1) is 20.5. The summed E-state index contributed by atoms with van der Waals surface area (Å²) in [6.45, 7) is 6.62. The minimum Gasteiger partial charge on any atom is -0.344 e. The summed E-state index contributed by atoms with van der Waals surface area (Å²) in [4.78, 5) is 31.6. The molecule has 0 spiro atoms. The number of halogens is 3. The van der Waals surface area contributed by atoms with Gasteiger partial charge < -0.3 is 19.4 Å². The van der Waals surface area contributed by atoms with E-state index in [1.807, 2.05) is 41.7 Å². The Hall–Kier alpha value is -4.60. The zero-order valence-corrected chi connectivity index (χ0v) is 24.1. The number of para-hydroxylation sites is 1. The van der Waals surface area contributed by atoms with Gasteiger partial charge in [-0.15, -0.1) is 0 Å². The number of nitrogens with zero attached hydrogens (tertiary/aromatic N) is 4. The molecule has 0 aliphatic carbocycles. The Balaban J connectivity index is 1.37. The minimum absolute atomic E-state index is 0.00509. The molecule has 1 N–H and O–H groups in total.